The summed E-state index contributed by atoms with van der Waals surface area (Å²) in [6, 6.07) is 19.5. The highest BCUT2D eigenvalue weighted by Crippen LogP contribution is 2.29. The number of benzene rings is 2. The largest absolute Gasteiger partial charge is 0.0724 e. The Morgan fingerprint density at radius 1 is 0.870 bits per heavy atom. The fourth-order valence-electron chi connectivity index (χ4n) is 2.93. The summed E-state index contributed by atoms with van der Waals surface area (Å²) in [5, 5.41) is 0. The molecule has 23 heavy (non-hydrogen) atoms. The van der Waals surface area contributed by atoms with Crippen LogP contribution in [0.2, 0.25) is 0 Å². The first-order chi connectivity index (χ1) is 11.0. The summed E-state index contributed by atoms with van der Waals surface area (Å²) in [5.41, 5.74) is 7.98. The SMILES string of the molecule is C/C(=C(\C=C(/C)CC(C)C)c1ccccc1)c1ccc(C)cc1. The summed E-state index contributed by atoms with van der Waals surface area (Å²) in [6.45, 7) is 11.2. The van der Waals surface area contributed by atoms with Crippen molar-refractivity contribution in [2.45, 2.75) is 41.0 Å². The number of hydrogen-bond donors (Lipinski definition) is 0. The van der Waals surface area contributed by atoms with Crippen molar-refractivity contribution in [3.05, 3.63) is 82.9 Å². The highest BCUT2D eigenvalue weighted by atomic mass is 14.1. The lowest BCUT2D eigenvalue weighted by Gasteiger charge is -2.13. The van der Waals surface area contributed by atoms with Crippen LogP contribution in [0, 0.1) is 12.8 Å². The Kier molecular flexibility index (Phi) is 5.98. The van der Waals surface area contributed by atoms with Gasteiger partial charge in [0, 0.05) is 0 Å². The third kappa shape index (κ3) is 4.96. The van der Waals surface area contributed by atoms with E-state index in [1.807, 2.05) is 0 Å². The zero-order chi connectivity index (χ0) is 16.8. The van der Waals surface area contributed by atoms with Gasteiger partial charge < -0.3 is 0 Å². The Hall–Kier alpha value is -2.08. The third-order valence-electron chi connectivity index (χ3n) is 4.09. The monoisotopic (exact) mass is 304 g/mol. The molecular formula is C23H28. The molecular weight excluding hydrogens is 276 g/mol. The van der Waals surface area contributed by atoms with E-state index in [0.29, 0.717) is 5.92 Å². The van der Waals surface area contributed by atoms with Crippen LogP contribution >= 0.6 is 0 Å². The van der Waals surface area contributed by atoms with E-state index in [9.17, 15) is 0 Å². The first kappa shape index (κ1) is 17.3. The van der Waals surface area contributed by atoms with Crippen LogP contribution in [0.5, 0.6) is 0 Å². The summed E-state index contributed by atoms with van der Waals surface area (Å²) >= 11 is 0. The Bertz CT molecular complexity index is 683. The Labute approximate surface area is 141 Å². The summed E-state index contributed by atoms with van der Waals surface area (Å²) in [6.07, 6.45) is 3.50. The zero-order valence-corrected chi connectivity index (χ0v) is 15.1. The molecule has 2 aromatic rings. The molecule has 0 N–H and O–H groups in total. The van der Waals surface area contributed by atoms with Crippen molar-refractivity contribution in [3.63, 3.8) is 0 Å². The molecule has 2 rings (SSSR count). The number of rotatable bonds is 5. The normalized spacial score (nSPS) is 13.2. The minimum absolute atomic E-state index is 0.683. The van der Waals surface area contributed by atoms with Crippen LogP contribution < -0.4 is 0 Å². The van der Waals surface area contributed by atoms with Crippen molar-refractivity contribution in [1.29, 1.82) is 0 Å². The standard InChI is InChI=1S/C23H28/c1-17(2)15-19(4)16-23(22-9-7-6-8-10-22)20(5)21-13-11-18(3)12-14-21/h6-14,16-17H,15H2,1-5H3/b19-16+,23-20-. The highest BCUT2D eigenvalue weighted by Gasteiger charge is 2.07. The van der Waals surface area contributed by atoms with Gasteiger partial charge in [0.05, 0.1) is 0 Å². The first-order valence-corrected chi connectivity index (χ1v) is 8.48. The maximum atomic E-state index is 2.37. The van der Waals surface area contributed by atoms with Crippen LogP contribution in [0.15, 0.2) is 66.2 Å². The van der Waals surface area contributed by atoms with Crippen molar-refractivity contribution in [3.8, 4) is 0 Å². The lowest BCUT2D eigenvalue weighted by molar-refractivity contribution is 0.642. The molecule has 0 saturated heterocycles. The van der Waals surface area contributed by atoms with Gasteiger partial charge in [0.2, 0.25) is 0 Å². The van der Waals surface area contributed by atoms with Crippen molar-refractivity contribution in [2.24, 2.45) is 5.92 Å². The summed E-state index contributed by atoms with van der Waals surface area (Å²) < 4.78 is 0. The fraction of sp³-hybridized carbons (Fsp3) is 0.304. The van der Waals surface area contributed by atoms with E-state index >= 15 is 0 Å². The summed E-state index contributed by atoms with van der Waals surface area (Å²) in [5.74, 6) is 0.683. The maximum Gasteiger partial charge on any atom is -0.0149 e. The Morgan fingerprint density at radius 3 is 2.04 bits per heavy atom. The lowest BCUT2D eigenvalue weighted by Crippen LogP contribution is -1.92. The van der Waals surface area contributed by atoms with E-state index in [4.69, 9.17) is 0 Å². The van der Waals surface area contributed by atoms with Gasteiger partial charge >= 0.3 is 0 Å². The van der Waals surface area contributed by atoms with Crippen molar-refractivity contribution in [1.82, 2.24) is 0 Å². The molecule has 0 saturated carbocycles. The molecule has 0 heterocycles. The summed E-state index contributed by atoms with van der Waals surface area (Å²) in [4.78, 5) is 0. The Balaban J connectivity index is 2.52. The van der Waals surface area contributed by atoms with E-state index in [1.54, 1.807) is 0 Å². The van der Waals surface area contributed by atoms with Gasteiger partial charge in [0.1, 0.15) is 0 Å². The van der Waals surface area contributed by atoms with E-state index in [0.717, 1.165) is 6.42 Å². The molecule has 0 nitrogen and oxygen atoms in total. The molecule has 0 amide bonds. The number of allylic oxidation sites excluding steroid dienone is 4. The number of hydrogen-bond acceptors (Lipinski definition) is 0. The predicted molar refractivity (Wildman–Crippen MR) is 103 cm³/mol. The van der Waals surface area contributed by atoms with E-state index < -0.39 is 0 Å². The van der Waals surface area contributed by atoms with Gasteiger partial charge in [-0.05, 0) is 55.4 Å². The number of aryl methyl sites for hydroxylation is 1. The lowest BCUT2D eigenvalue weighted by atomic mass is 9.92. The average Bonchev–Trinajstić information content (AvgIpc) is 2.53. The van der Waals surface area contributed by atoms with Crippen LogP contribution in [0.25, 0.3) is 11.1 Å². The quantitative estimate of drug-likeness (QED) is 0.415. The molecule has 0 atom stereocenters. The van der Waals surface area contributed by atoms with Gasteiger partial charge in [-0.3, -0.25) is 0 Å². The third-order valence-corrected chi connectivity index (χ3v) is 4.09. The fourth-order valence-corrected chi connectivity index (χ4v) is 2.93. The second kappa shape index (κ2) is 7.97. The molecule has 0 aliphatic carbocycles. The van der Waals surface area contributed by atoms with Crippen LogP contribution in [0.3, 0.4) is 0 Å². The van der Waals surface area contributed by atoms with Crippen molar-refractivity contribution >= 4 is 11.1 Å². The predicted octanol–water partition coefficient (Wildman–Crippen LogP) is 6.92. The smallest absolute Gasteiger partial charge is 0.0149 e. The topological polar surface area (TPSA) is 0 Å². The average molecular weight is 304 g/mol. The van der Waals surface area contributed by atoms with Crippen LogP contribution in [-0.4, -0.2) is 0 Å². The van der Waals surface area contributed by atoms with Gasteiger partial charge in [-0.25, -0.2) is 0 Å². The molecule has 120 valence electrons. The zero-order valence-electron chi connectivity index (χ0n) is 15.1. The van der Waals surface area contributed by atoms with Gasteiger partial charge in [-0.2, -0.15) is 0 Å². The molecule has 0 bridgehead atoms. The second-order valence-corrected chi connectivity index (χ2v) is 6.86. The van der Waals surface area contributed by atoms with Gasteiger partial charge in [-0.15, -0.1) is 0 Å². The maximum absolute atomic E-state index is 2.37. The summed E-state index contributed by atoms with van der Waals surface area (Å²) in [7, 11) is 0. The first-order valence-electron chi connectivity index (χ1n) is 8.48. The second-order valence-electron chi connectivity index (χ2n) is 6.86. The minimum atomic E-state index is 0.683. The van der Waals surface area contributed by atoms with Gasteiger partial charge in [-0.1, -0.05) is 85.7 Å². The van der Waals surface area contributed by atoms with E-state index in [2.05, 4.69) is 95.3 Å². The van der Waals surface area contributed by atoms with Crippen LogP contribution in [0.4, 0.5) is 0 Å². The Morgan fingerprint density at radius 2 is 1.48 bits per heavy atom. The highest BCUT2D eigenvalue weighted by molar-refractivity contribution is 5.95. The van der Waals surface area contributed by atoms with Gasteiger partial charge in [0.15, 0.2) is 0 Å². The molecule has 0 aliphatic rings. The van der Waals surface area contributed by atoms with Crippen molar-refractivity contribution < 1.29 is 0 Å². The molecule has 0 aliphatic heterocycles. The molecule has 2 aromatic carbocycles. The molecule has 0 aromatic heterocycles. The van der Waals surface area contributed by atoms with Crippen LogP contribution in [0.1, 0.15) is 50.8 Å². The molecule has 0 radical (unpaired) electrons. The van der Waals surface area contributed by atoms with E-state index in [1.165, 1.54) is 33.4 Å². The van der Waals surface area contributed by atoms with Crippen LogP contribution in [-0.2, 0) is 0 Å². The molecule has 0 heteroatoms. The molecule has 0 unspecified atom stereocenters. The van der Waals surface area contributed by atoms with E-state index in [-0.39, 0.29) is 0 Å². The van der Waals surface area contributed by atoms with Gasteiger partial charge in [0.25, 0.3) is 0 Å². The molecule has 0 fully saturated rings. The molecule has 0 spiro atoms. The minimum Gasteiger partial charge on any atom is -0.0724 e. The van der Waals surface area contributed by atoms with Crippen molar-refractivity contribution in [2.75, 3.05) is 0 Å².